The lowest BCUT2D eigenvalue weighted by atomic mass is 10.1. The van der Waals surface area contributed by atoms with E-state index in [0.717, 1.165) is 16.9 Å². The molecule has 0 spiro atoms. The summed E-state index contributed by atoms with van der Waals surface area (Å²) in [5.74, 6) is -2.66. The van der Waals surface area contributed by atoms with E-state index in [1.54, 1.807) is 21.8 Å². The number of nitrogens with two attached hydrogens (primary N) is 1. The zero-order valence-corrected chi connectivity index (χ0v) is 17.6. The third-order valence-electron chi connectivity index (χ3n) is 5.27. The van der Waals surface area contributed by atoms with E-state index in [1.807, 2.05) is 49.4 Å². The van der Waals surface area contributed by atoms with Crippen LogP contribution in [0.3, 0.4) is 0 Å². The first-order chi connectivity index (χ1) is 15.4. The van der Waals surface area contributed by atoms with Gasteiger partial charge in [0.2, 0.25) is 5.43 Å². The van der Waals surface area contributed by atoms with E-state index in [9.17, 15) is 13.6 Å². The average Bonchev–Trinajstić information content (AvgIpc) is 3.14. The van der Waals surface area contributed by atoms with Crippen LogP contribution in [-0.4, -0.2) is 34.5 Å². The van der Waals surface area contributed by atoms with Gasteiger partial charge in [0.25, 0.3) is 5.92 Å². The van der Waals surface area contributed by atoms with Gasteiger partial charge < -0.3 is 10.6 Å². The third-order valence-corrected chi connectivity index (χ3v) is 5.27. The molecule has 2 N–H and O–H groups in total. The lowest BCUT2D eigenvalue weighted by Gasteiger charge is -2.20. The summed E-state index contributed by atoms with van der Waals surface area (Å²) in [5, 5.41) is 4.50. The normalized spacial score (nSPS) is 16.1. The molecule has 1 saturated heterocycles. The molecule has 1 fully saturated rings. The highest BCUT2D eigenvalue weighted by Gasteiger charge is 2.38. The van der Waals surface area contributed by atoms with Gasteiger partial charge in [-0.2, -0.15) is 5.10 Å². The van der Waals surface area contributed by atoms with E-state index >= 15 is 0 Å². The lowest BCUT2D eigenvalue weighted by molar-refractivity contribution is 0.0257. The highest BCUT2D eigenvalue weighted by atomic mass is 19.3. The van der Waals surface area contributed by atoms with Gasteiger partial charge in [0, 0.05) is 30.9 Å². The minimum Gasteiger partial charge on any atom is -0.405 e. The first-order valence-corrected chi connectivity index (χ1v) is 10.2. The van der Waals surface area contributed by atoms with Crippen LogP contribution in [0.15, 0.2) is 82.9 Å². The maximum atomic E-state index is 13.6. The number of para-hydroxylation sites is 1. The highest BCUT2D eigenvalue weighted by molar-refractivity contribution is 6.08. The smallest absolute Gasteiger partial charge is 0.266 e. The van der Waals surface area contributed by atoms with Crippen LogP contribution in [0.4, 0.5) is 20.2 Å². The third kappa shape index (κ3) is 4.59. The van der Waals surface area contributed by atoms with E-state index in [1.165, 1.54) is 18.3 Å². The second kappa shape index (κ2) is 8.74. The molecule has 0 atom stereocenters. The van der Waals surface area contributed by atoms with Crippen molar-refractivity contribution in [3.8, 4) is 5.69 Å². The van der Waals surface area contributed by atoms with E-state index < -0.39 is 5.92 Å². The Hall–Kier alpha value is -3.81. The molecule has 1 aromatic heterocycles. The maximum absolute atomic E-state index is 13.6. The Morgan fingerprint density at radius 3 is 2.62 bits per heavy atom. The van der Waals surface area contributed by atoms with Crippen molar-refractivity contribution in [2.24, 2.45) is 10.7 Å². The number of rotatable bonds is 5. The lowest BCUT2D eigenvalue weighted by Crippen LogP contribution is -2.25. The first-order valence-electron chi connectivity index (χ1n) is 10.2. The summed E-state index contributed by atoms with van der Waals surface area (Å²) in [5.41, 5.74) is 8.77. The Labute approximate surface area is 184 Å². The fraction of sp³-hybridized carbons (Fsp3) is 0.208. The van der Waals surface area contributed by atoms with Gasteiger partial charge in [0.15, 0.2) is 5.69 Å². The second-order valence-electron chi connectivity index (χ2n) is 7.66. The van der Waals surface area contributed by atoms with E-state index in [2.05, 4.69) is 10.1 Å². The van der Waals surface area contributed by atoms with Crippen LogP contribution >= 0.6 is 0 Å². The van der Waals surface area contributed by atoms with E-state index in [-0.39, 0.29) is 24.1 Å². The van der Waals surface area contributed by atoms with Crippen LogP contribution in [-0.2, 0) is 0 Å². The summed E-state index contributed by atoms with van der Waals surface area (Å²) in [7, 11) is 0. The first kappa shape index (κ1) is 21.4. The number of hydrogen-bond donors (Lipinski definition) is 1. The van der Waals surface area contributed by atoms with Gasteiger partial charge in [0.1, 0.15) is 0 Å². The summed E-state index contributed by atoms with van der Waals surface area (Å²) in [4.78, 5) is 18.8. The SMILES string of the molecule is Cc1cc(N2CCC(F)(F)C2)ccc1-n1ccc(=O)c(C(C=CN)=Nc2ccccc2)n1. The summed E-state index contributed by atoms with van der Waals surface area (Å²) in [6, 6.07) is 16.1. The van der Waals surface area contributed by atoms with Crippen LogP contribution in [0.5, 0.6) is 0 Å². The molecule has 0 radical (unpaired) electrons. The fourth-order valence-corrected chi connectivity index (χ4v) is 3.67. The van der Waals surface area contributed by atoms with Crippen molar-refractivity contribution in [1.29, 1.82) is 0 Å². The highest BCUT2D eigenvalue weighted by Crippen LogP contribution is 2.32. The van der Waals surface area contributed by atoms with Crippen molar-refractivity contribution in [1.82, 2.24) is 9.78 Å². The van der Waals surface area contributed by atoms with Crippen molar-refractivity contribution in [2.75, 3.05) is 18.0 Å². The van der Waals surface area contributed by atoms with Crippen molar-refractivity contribution < 1.29 is 8.78 Å². The molecule has 1 aliphatic rings. The van der Waals surface area contributed by atoms with Crippen LogP contribution in [0, 0.1) is 6.92 Å². The molecule has 1 aliphatic heterocycles. The van der Waals surface area contributed by atoms with Crippen molar-refractivity contribution in [2.45, 2.75) is 19.3 Å². The molecule has 4 rings (SSSR count). The summed E-state index contributed by atoms with van der Waals surface area (Å²) >= 11 is 0. The summed E-state index contributed by atoms with van der Waals surface area (Å²) in [6.07, 6.45) is 4.28. The Morgan fingerprint density at radius 2 is 1.97 bits per heavy atom. The number of allylic oxidation sites excluding steroid dienone is 1. The van der Waals surface area contributed by atoms with Gasteiger partial charge in [0.05, 0.1) is 23.6 Å². The number of aryl methyl sites for hydroxylation is 1. The van der Waals surface area contributed by atoms with Crippen LogP contribution in [0.1, 0.15) is 17.7 Å². The van der Waals surface area contributed by atoms with Gasteiger partial charge in [-0.25, -0.2) is 18.5 Å². The van der Waals surface area contributed by atoms with Gasteiger partial charge >= 0.3 is 0 Å². The topological polar surface area (TPSA) is 76.5 Å². The number of aromatic nitrogens is 2. The minimum absolute atomic E-state index is 0.142. The van der Waals surface area contributed by atoms with Crippen molar-refractivity contribution in [3.63, 3.8) is 0 Å². The molecule has 2 heterocycles. The molecule has 32 heavy (non-hydrogen) atoms. The van der Waals surface area contributed by atoms with Gasteiger partial charge in [-0.15, -0.1) is 0 Å². The maximum Gasteiger partial charge on any atom is 0.266 e. The molecule has 8 heteroatoms. The second-order valence-corrected chi connectivity index (χ2v) is 7.66. The monoisotopic (exact) mass is 435 g/mol. The number of alkyl halides is 2. The Kier molecular flexibility index (Phi) is 5.85. The van der Waals surface area contributed by atoms with Gasteiger partial charge in [-0.1, -0.05) is 18.2 Å². The molecular weight excluding hydrogens is 412 g/mol. The Bertz CT molecular complexity index is 1230. The van der Waals surface area contributed by atoms with Gasteiger partial charge in [-0.3, -0.25) is 4.79 Å². The van der Waals surface area contributed by atoms with Crippen molar-refractivity contribution in [3.05, 3.63) is 94.6 Å². The van der Waals surface area contributed by atoms with Gasteiger partial charge in [-0.05, 0) is 55.1 Å². The minimum atomic E-state index is -2.66. The zero-order valence-electron chi connectivity index (χ0n) is 17.6. The molecule has 0 bridgehead atoms. The number of anilines is 1. The molecule has 0 amide bonds. The quantitative estimate of drug-likeness (QED) is 0.615. The predicted molar refractivity (Wildman–Crippen MR) is 122 cm³/mol. The number of halogens is 2. The fourth-order valence-electron chi connectivity index (χ4n) is 3.67. The molecule has 164 valence electrons. The van der Waals surface area contributed by atoms with Crippen LogP contribution in [0.25, 0.3) is 5.69 Å². The summed E-state index contributed by atoms with van der Waals surface area (Å²) < 4.78 is 28.8. The number of hydrogen-bond acceptors (Lipinski definition) is 5. The number of aliphatic imine (C=N–C) groups is 1. The Morgan fingerprint density at radius 1 is 1.19 bits per heavy atom. The molecular formula is C24H23F2N5O. The van der Waals surface area contributed by atoms with E-state index in [0.29, 0.717) is 17.9 Å². The average molecular weight is 435 g/mol. The molecule has 0 saturated carbocycles. The molecule has 3 aromatic rings. The zero-order chi connectivity index (χ0) is 22.7. The number of nitrogens with zero attached hydrogens (tertiary/aromatic N) is 4. The molecule has 0 aliphatic carbocycles. The predicted octanol–water partition coefficient (Wildman–Crippen LogP) is 3.98. The largest absolute Gasteiger partial charge is 0.405 e. The van der Waals surface area contributed by atoms with Crippen LogP contribution < -0.4 is 16.1 Å². The van der Waals surface area contributed by atoms with E-state index in [4.69, 9.17) is 5.73 Å². The van der Waals surface area contributed by atoms with Crippen molar-refractivity contribution >= 4 is 17.1 Å². The van der Waals surface area contributed by atoms with Crippen LogP contribution in [0.2, 0.25) is 0 Å². The molecule has 6 nitrogen and oxygen atoms in total. The molecule has 2 aromatic carbocycles. The molecule has 0 unspecified atom stereocenters. The Balaban J connectivity index is 1.71. The number of benzene rings is 2. The standard InChI is InChI=1S/C24H23F2N5O/c1-17-15-19(30-14-11-24(25,26)16-30)7-8-21(17)31-13-10-22(32)23(29-31)20(9-12-27)28-18-5-3-2-4-6-18/h2-10,12-13,15H,11,14,16,27H2,1H3. The summed E-state index contributed by atoms with van der Waals surface area (Å²) in [6.45, 7) is 1.92.